The smallest absolute Gasteiger partial charge is 0.371 e. The van der Waals surface area contributed by atoms with E-state index in [0.29, 0.717) is 18.1 Å². The number of carbonyl (C=O) groups is 2. The summed E-state index contributed by atoms with van der Waals surface area (Å²) in [5.41, 5.74) is 1.16. The number of ketones is 1. The van der Waals surface area contributed by atoms with E-state index in [1.807, 2.05) is 0 Å². The van der Waals surface area contributed by atoms with E-state index in [1.165, 1.54) is 23.5 Å². The van der Waals surface area contributed by atoms with Gasteiger partial charge < -0.3 is 10.2 Å². The molecule has 0 aliphatic rings. The fourth-order valence-corrected chi connectivity index (χ4v) is 2.66. The van der Waals surface area contributed by atoms with Gasteiger partial charge in [0, 0.05) is 22.9 Å². The molecule has 0 amide bonds. The van der Waals surface area contributed by atoms with Crippen molar-refractivity contribution in [2.75, 3.05) is 0 Å². The predicted octanol–water partition coefficient (Wildman–Crippen LogP) is 3.19. The molecule has 0 fully saturated rings. The van der Waals surface area contributed by atoms with Crippen LogP contribution in [0.4, 0.5) is 4.39 Å². The van der Waals surface area contributed by atoms with E-state index in [1.54, 1.807) is 23.6 Å². The fraction of sp³-hybridized carbons (Fsp3) is 0.0667. The number of allylic oxidation sites excluding steroid dienone is 1. The zero-order valence-electron chi connectivity index (χ0n) is 10.7. The highest BCUT2D eigenvalue weighted by Gasteiger charge is 2.14. The van der Waals surface area contributed by atoms with Crippen LogP contribution in [0.15, 0.2) is 47.5 Å². The SMILES string of the molecule is O=C(O)/C(O)=C/C(=O)c1ccsc1Cc1ccc(F)cc1. The molecule has 1 aromatic carbocycles. The van der Waals surface area contributed by atoms with Gasteiger partial charge in [-0.25, -0.2) is 9.18 Å². The molecule has 0 atom stereocenters. The first-order chi connectivity index (χ1) is 9.97. The molecule has 1 heterocycles. The average Bonchev–Trinajstić information content (AvgIpc) is 2.89. The minimum absolute atomic E-state index is 0.331. The third-order valence-electron chi connectivity index (χ3n) is 2.78. The number of carboxylic acids is 1. The summed E-state index contributed by atoms with van der Waals surface area (Å²) >= 11 is 1.34. The van der Waals surface area contributed by atoms with E-state index in [2.05, 4.69) is 0 Å². The second-order valence-electron chi connectivity index (χ2n) is 4.26. The summed E-state index contributed by atoms with van der Waals surface area (Å²) in [6.45, 7) is 0. The molecule has 2 aromatic rings. The number of thiophene rings is 1. The van der Waals surface area contributed by atoms with Gasteiger partial charge in [-0.1, -0.05) is 12.1 Å². The summed E-state index contributed by atoms with van der Waals surface area (Å²) in [5, 5.41) is 19.4. The number of benzene rings is 1. The Labute approximate surface area is 123 Å². The van der Waals surface area contributed by atoms with Crippen LogP contribution in [0.1, 0.15) is 20.8 Å². The van der Waals surface area contributed by atoms with Crippen molar-refractivity contribution in [3.8, 4) is 0 Å². The van der Waals surface area contributed by atoms with Crippen LogP contribution in [0.2, 0.25) is 0 Å². The second-order valence-corrected chi connectivity index (χ2v) is 5.26. The van der Waals surface area contributed by atoms with Gasteiger partial charge in [0.15, 0.2) is 5.78 Å². The maximum Gasteiger partial charge on any atom is 0.371 e. The Morgan fingerprint density at radius 3 is 2.43 bits per heavy atom. The Morgan fingerprint density at radius 2 is 1.81 bits per heavy atom. The van der Waals surface area contributed by atoms with Crippen LogP contribution in [0, 0.1) is 5.82 Å². The molecule has 6 heteroatoms. The maximum atomic E-state index is 12.8. The third kappa shape index (κ3) is 3.76. The number of halogens is 1. The van der Waals surface area contributed by atoms with Crippen molar-refractivity contribution < 1.29 is 24.2 Å². The molecule has 0 aliphatic carbocycles. The van der Waals surface area contributed by atoms with Crippen LogP contribution < -0.4 is 0 Å². The van der Waals surface area contributed by atoms with Crippen LogP contribution in [-0.2, 0) is 11.2 Å². The van der Waals surface area contributed by atoms with Gasteiger partial charge in [-0.15, -0.1) is 11.3 Å². The van der Waals surface area contributed by atoms with E-state index in [9.17, 15) is 14.0 Å². The van der Waals surface area contributed by atoms with Crippen molar-refractivity contribution in [2.45, 2.75) is 6.42 Å². The quantitative estimate of drug-likeness (QED) is 0.505. The van der Waals surface area contributed by atoms with Crippen molar-refractivity contribution in [3.05, 3.63) is 69.4 Å². The highest BCUT2D eigenvalue weighted by molar-refractivity contribution is 7.10. The second kappa shape index (κ2) is 6.32. The van der Waals surface area contributed by atoms with Gasteiger partial charge in [0.1, 0.15) is 5.82 Å². The lowest BCUT2D eigenvalue weighted by Gasteiger charge is -2.02. The molecule has 0 bridgehead atoms. The zero-order chi connectivity index (χ0) is 15.4. The molecule has 0 aliphatic heterocycles. The molecule has 0 unspecified atom stereocenters. The van der Waals surface area contributed by atoms with Crippen molar-refractivity contribution in [3.63, 3.8) is 0 Å². The lowest BCUT2D eigenvalue weighted by molar-refractivity contribution is -0.135. The lowest BCUT2D eigenvalue weighted by atomic mass is 10.1. The number of hydrogen-bond donors (Lipinski definition) is 2. The first-order valence-corrected chi connectivity index (χ1v) is 6.84. The van der Waals surface area contributed by atoms with Crippen LogP contribution in [0.3, 0.4) is 0 Å². The highest BCUT2D eigenvalue weighted by Crippen LogP contribution is 2.22. The largest absolute Gasteiger partial charge is 0.502 e. The first kappa shape index (κ1) is 14.9. The van der Waals surface area contributed by atoms with Gasteiger partial charge in [0.05, 0.1) is 0 Å². The normalized spacial score (nSPS) is 11.4. The third-order valence-corrected chi connectivity index (χ3v) is 3.70. The fourth-order valence-electron chi connectivity index (χ4n) is 1.75. The van der Waals surface area contributed by atoms with E-state index in [0.717, 1.165) is 10.4 Å². The molecule has 108 valence electrons. The Morgan fingerprint density at radius 1 is 1.14 bits per heavy atom. The molecule has 0 saturated heterocycles. The van der Waals surface area contributed by atoms with E-state index in [-0.39, 0.29) is 5.82 Å². The van der Waals surface area contributed by atoms with E-state index >= 15 is 0 Å². The van der Waals surface area contributed by atoms with Gasteiger partial charge >= 0.3 is 5.97 Å². The van der Waals surface area contributed by atoms with Crippen LogP contribution in [0.5, 0.6) is 0 Å². The summed E-state index contributed by atoms with van der Waals surface area (Å²) in [4.78, 5) is 23.2. The van der Waals surface area contributed by atoms with Gasteiger partial charge in [-0.05, 0) is 29.1 Å². The number of aliphatic hydroxyl groups excluding tert-OH is 1. The average molecular weight is 306 g/mol. The molecule has 2 rings (SSSR count). The summed E-state index contributed by atoms with van der Waals surface area (Å²) in [6.07, 6.45) is 1.11. The Kier molecular flexibility index (Phi) is 4.49. The highest BCUT2D eigenvalue weighted by atomic mass is 32.1. The number of aliphatic carboxylic acids is 1. The number of carboxylic acid groups (broad SMARTS) is 1. The topological polar surface area (TPSA) is 74.6 Å². The molecule has 4 nitrogen and oxygen atoms in total. The molecule has 0 spiro atoms. The Bertz CT molecular complexity index is 701. The number of carbonyl (C=O) groups excluding carboxylic acids is 1. The van der Waals surface area contributed by atoms with Crippen LogP contribution in [-0.4, -0.2) is 22.0 Å². The number of rotatable bonds is 5. The first-order valence-electron chi connectivity index (χ1n) is 5.96. The molecule has 21 heavy (non-hydrogen) atoms. The van der Waals surface area contributed by atoms with Crippen molar-refractivity contribution in [1.82, 2.24) is 0 Å². The molecular formula is C15H11FO4S. The Hall–Kier alpha value is -2.47. The lowest BCUT2D eigenvalue weighted by Crippen LogP contribution is -2.04. The zero-order valence-corrected chi connectivity index (χ0v) is 11.6. The number of aliphatic hydroxyl groups is 1. The van der Waals surface area contributed by atoms with Gasteiger partial charge in [-0.3, -0.25) is 4.79 Å². The summed E-state index contributed by atoms with van der Waals surface area (Å²) < 4.78 is 12.8. The van der Waals surface area contributed by atoms with Gasteiger partial charge in [-0.2, -0.15) is 0 Å². The predicted molar refractivity (Wildman–Crippen MR) is 76.2 cm³/mol. The minimum atomic E-state index is -1.56. The summed E-state index contributed by atoms with van der Waals surface area (Å²) in [5.74, 6) is -3.47. The van der Waals surface area contributed by atoms with E-state index in [4.69, 9.17) is 10.2 Å². The Balaban J connectivity index is 2.22. The van der Waals surface area contributed by atoms with Gasteiger partial charge in [0.25, 0.3) is 0 Å². The van der Waals surface area contributed by atoms with Crippen molar-refractivity contribution in [1.29, 1.82) is 0 Å². The summed E-state index contributed by atoms with van der Waals surface area (Å²) in [7, 11) is 0. The molecule has 0 radical (unpaired) electrons. The molecule has 1 aromatic heterocycles. The van der Waals surface area contributed by atoms with Crippen LogP contribution >= 0.6 is 11.3 Å². The summed E-state index contributed by atoms with van der Waals surface area (Å²) in [6, 6.07) is 7.47. The molecule has 2 N–H and O–H groups in total. The van der Waals surface area contributed by atoms with Crippen molar-refractivity contribution >= 4 is 23.1 Å². The minimum Gasteiger partial charge on any atom is -0.502 e. The van der Waals surface area contributed by atoms with E-state index < -0.39 is 17.5 Å². The maximum absolute atomic E-state index is 12.8. The van der Waals surface area contributed by atoms with Crippen LogP contribution in [0.25, 0.3) is 0 Å². The molecular weight excluding hydrogens is 295 g/mol. The molecule has 0 saturated carbocycles. The van der Waals surface area contributed by atoms with Gasteiger partial charge in [0.2, 0.25) is 5.76 Å². The number of hydrogen-bond acceptors (Lipinski definition) is 4. The standard InChI is InChI=1S/C15H11FO4S/c16-10-3-1-9(2-4-10)7-14-11(5-6-21-14)12(17)8-13(18)15(19)20/h1-6,8,18H,7H2,(H,19,20)/b13-8-. The monoisotopic (exact) mass is 306 g/mol. The van der Waals surface area contributed by atoms with Crippen molar-refractivity contribution in [2.24, 2.45) is 0 Å².